The summed E-state index contributed by atoms with van der Waals surface area (Å²) in [5.74, 6) is -2.52. The van der Waals surface area contributed by atoms with E-state index in [1.807, 2.05) is 0 Å². The molecule has 0 bridgehead atoms. The summed E-state index contributed by atoms with van der Waals surface area (Å²) in [7, 11) is -4.96. The molecular formula is C12H22O7S. The van der Waals surface area contributed by atoms with Crippen molar-refractivity contribution in [1.82, 2.24) is 0 Å². The van der Waals surface area contributed by atoms with Gasteiger partial charge in [0.05, 0.1) is 11.8 Å². The van der Waals surface area contributed by atoms with Crippen LogP contribution in [-0.2, 0) is 24.2 Å². The van der Waals surface area contributed by atoms with Gasteiger partial charge in [-0.3, -0.25) is 14.1 Å². The van der Waals surface area contributed by atoms with Gasteiger partial charge in [0, 0.05) is 0 Å². The summed E-state index contributed by atoms with van der Waals surface area (Å²) in [6.45, 7) is 7.16. The van der Waals surface area contributed by atoms with Gasteiger partial charge in [0.25, 0.3) is 0 Å². The molecule has 118 valence electrons. The minimum Gasteiger partial charge on any atom is -0.481 e. The SMILES string of the molecule is CC(C)CC(CC(=O)O)(CC(C)C)C(=O)OS(=O)(=O)O. The van der Waals surface area contributed by atoms with Crippen molar-refractivity contribution in [3.05, 3.63) is 0 Å². The predicted molar refractivity (Wildman–Crippen MR) is 71.2 cm³/mol. The largest absolute Gasteiger partial charge is 0.481 e. The van der Waals surface area contributed by atoms with Gasteiger partial charge >= 0.3 is 22.3 Å². The van der Waals surface area contributed by atoms with E-state index < -0.39 is 34.2 Å². The van der Waals surface area contributed by atoms with Crippen molar-refractivity contribution >= 4 is 22.3 Å². The summed E-state index contributed by atoms with van der Waals surface area (Å²) in [5, 5.41) is 9.00. The zero-order valence-electron chi connectivity index (χ0n) is 12.1. The Morgan fingerprint density at radius 3 is 1.75 bits per heavy atom. The number of hydrogen-bond acceptors (Lipinski definition) is 5. The standard InChI is InChI=1S/C12H22O7S/c1-8(2)5-12(6-9(3)4,7-10(13)14)11(15)19-20(16,17)18/h8-9H,5-7H2,1-4H3,(H,13,14)(H,16,17,18). The van der Waals surface area contributed by atoms with Crippen molar-refractivity contribution in [2.75, 3.05) is 0 Å². The highest BCUT2D eigenvalue weighted by Crippen LogP contribution is 2.39. The quantitative estimate of drug-likeness (QED) is 0.657. The number of carboxylic acid groups (broad SMARTS) is 1. The highest BCUT2D eigenvalue weighted by Gasteiger charge is 2.44. The van der Waals surface area contributed by atoms with Crippen LogP contribution in [0.3, 0.4) is 0 Å². The van der Waals surface area contributed by atoms with Crippen LogP contribution in [-0.4, -0.2) is 30.0 Å². The molecule has 0 aliphatic rings. The molecule has 0 fully saturated rings. The molecule has 0 unspecified atom stereocenters. The Morgan fingerprint density at radius 1 is 1.10 bits per heavy atom. The molecule has 0 aromatic rings. The van der Waals surface area contributed by atoms with Crippen molar-refractivity contribution < 1.29 is 31.8 Å². The lowest BCUT2D eigenvalue weighted by Crippen LogP contribution is -2.39. The van der Waals surface area contributed by atoms with Gasteiger partial charge in [-0.1, -0.05) is 27.7 Å². The minimum absolute atomic E-state index is 0.0398. The summed E-state index contributed by atoms with van der Waals surface area (Å²) in [4.78, 5) is 23.1. The number of hydrogen-bond donors (Lipinski definition) is 2. The van der Waals surface area contributed by atoms with Crippen LogP contribution in [0.1, 0.15) is 47.0 Å². The zero-order valence-corrected chi connectivity index (χ0v) is 12.9. The van der Waals surface area contributed by atoms with E-state index in [1.165, 1.54) is 0 Å². The highest BCUT2D eigenvalue weighted by molar-refractivity contribution is 7.81. The molecule has 0 aromatic heterocycles. The summed E-state index contributed by atoms with van der Waals surface area (Å²) >= 11 is 0. The van der Waals surface area contributed by atoms with E-state index >= 15 is 0 Å². The van der Waals surface area contributed by atoms with Crippen molar-refractivity contribution in [1.29, 1.82) is 0 Å². The first kappa shape index (κ1) is 18.9. The number of carbonyl (C=O) groups excluding carboxylic acids is 1. The van der Waals surface area contributed by atoms with E-state index in [-0.39, 0.29) is 24.7 Å². The van der Waals surface area contributed by atoms with E-state index in [1.54, 1.807) is 27.7 Å². The van der Waals surface area contributed by atoms with Gasteiger partial charge in [-0.2, -0.15) is 8.42 Å². The molecule has 0 rings (SSSR count). The number of aliphatic carboxylic acids is 1. The molecule has 2 N–H and O–H groups in total. The minimum atomic E-state index is -4.96. The number of carbonyl (C=O) groups is 2. The summed E-state index contributed by atoms with van der Waals surface area (Å²) < 4.78 is 34.1. The average Bonchev–Trinajstić information content (AvgIpc) is 2.10. The van der Waals surface area contributed by atoms with Crippen molar-refractivity contribution in [2.45, 2.75) is 47.0 Å². The fourth-order valence-corrected chi connectivity index (χ4v) is 2.87. The monoisotopic (exact) mass is 310 g/mol. The molecule has 8 heteroatoms. The Labute approximate surface area is 119 Å². The topological polar surface area (TPSA) is 118 Å². The van der Waals surface area contributed by atoms with Crippen LogP contribution in [0.4, 0.5) is 0 Å². The molecule has 0 radical (unpaired) electrons. The predicted octanol–water partition coefficient (Wildman–Crippen LogP) is 1.89. The van der Waals surface area contributed by atoms with Crippen LogP contribution < -0.4 is 0 Å². The lowest BCUT2D eigenvalue weighted by atomic mass is 9.72. The molecule has 0 aromatic carbocycles. The third-order valence-electron chi connectivity index (χ3n) is 2.70. The average molecular weight is 310 g/mol. The van der Waals surface area contributed by atoms with Crippen LogP contribution >= 0.6 is 0 Å². The van der Waals surface area contributed by atoms with E-state index in [4.69, 9.17) is 9.66 Å². The van der Waals surface area contributed by atoms with Gasteiger partial charge in [-0.05, 0) is 24.7 Å². The third-order valence-corrected chi connectivity index (χ3v) is 3.06. The summed E-state index contributed by atoms with van der Waals surface area (Å²) in [5.41, 5.74) is -1.47. The molecule has 0 saturated carbocycles. The van der Waals surface area contributed by atoms with Crippen LogP contribution in [0.15, 0.2) is 0 Å². The van der Waals surface area contributed by atoms with Crippen molar-refractivity contribution in [3.8, 4) is 0 Å². The second-order valence-electron chi connectivity index (χ2n) is 5.85. The Bertz CT molecular complexity index is 440. The van der Waals surface area contributed by atoms with E-state index in [2.05, 4.69) is 4.18 Å². The first-order chi connectivity index (χ1) is 8.88. The molecule has 0 heterocycles. The Morgan fingerprint density at radius 2 is 1.50 bits per heavy atom. The molecule has 0 amide bonds. The summed E-state index contributed by atoms with van der Waals surface area (Å²) in [6, 6.07) is 0. The zero-order chi connectivity index (χ0) is 16.1. The van der Waals surface area contributed by atoms with Gasteiger partial charge in [-0.25, -0.2) is 0 Å². The fraction of sp³-hybridized carbons (Fsp3) is 0.833. The second-order valence-corrected chi connectivity index (χ2v) is 6.87. The van der Waals surface area contributed by atoms with Crippen molar-refractivity contribution in [2.24, 2.45) is 17.3 Å². The Kier molecular flexibility index (Phi) is 6.63. The van der Waals surface area contributed by atoms with Gasteiger partial charge < -0.3 is 9.29 Å². The fourth-order valence-electron chi connectivity index (χ4n) is 2.50. The van der Waals surface area contributed by atoms with Crippen LogP contribution in [0.5, 0.6) is 0 Å². The Hall–Kier alpha value is -1.15. The summed E-state index contributed by atoms with van der Waals surface area (Å²) in [6.07, 6.45) is -0.227. The maximum atomic E-state index is 12.1. The van der Waals surface area contributed by atoms with E-state index in [9.17, 15) is 18.0 Å². The lowest BCUT2D eigenvalue weighted by molar-refractivity contribution is -0.156. The van der Waals surface area contributed by atoms with Crippen LogP contribution in [0, 0.1) is 17.3 Å². The molecule has 7 nitrogen and oxygen atoms in total. The molecule has 0 aliphatic heterocycles. The maximum Gasteiger partial charge on any atom is 0.448 e. The number of rotatable bonds is 8. The highest BCUT2D eigenvalue weighted by atomic mass is 32.3. The van der Waals surface area contributed by atoms with E-state index in [0.29, 0.717) is 0 Å². The van der Waals surface area contributed by atoms with Gasteiger partial charge in [-0.15, -0.1) is 0 Å². The molecule has 0 spiro atoms. The molecule has 0 aliphatic carbocycles. The van der Waals surface area contributed by atoms with Crippen LogP contribution in [0.25, 0.3) is 0 Å². The number of carboxylic acids is 1. The first-order valence-corrected chi connectivity index (χ1v) is 7.67. The van der Waals surface area contributed by atoms with Gasteiger partial charge in [0.15, 0.2) is 0 Å². The molecular weight excluding hydrogens is 288 g/mol. The van der Waals surface area contributed by atoms with Crippen LogP contribution in [0.2, 0.25) is 0 Å². The Balaban J connectivity index is 5.56. The maximum absolute atomic E-state index is 12.1. The third kappa shape index (κ3) is 6.85. The molecule has 20 heavy (non-hydrogen) atoms. The lowest BCUT2D eigenvalue weighted by Gasteiger charge is -2.32. The van der Waals surface area contributed by atoms with Gasteiger partial charge in [0.1, 0.15) is 0 Å². The first-order valence-electron chi connectivity index (χ1n) is 6.31. The second kappa shape index (κ2) is 7.03. The molecule has 0 saturated heterocycles. The van der Waals surface area contributed by atoms with E-state index in [0.717, 1.165) is 0 Å². The van der Waals surface area contributed by atoms with Crippen molar-refractivity contribution in [3.63, 3.8) is 0 Å². The normalized spacial score (nSPS) is 12.8. The smallest absolute Gasteiger partial charge is 0.448 e. The van der Waals surface area contributed by atoms with Gasteiger partial charge in [0.2, 0.25) is 0 Å². The molecule has 0 atom stereocenters.